The summed E-state index contributed by atoms with van der Waals surface area (Å²) in [4.78, 5) is 26.0. The van der Waals surface area contributed by atoms with Crippen molar-refractivity contribution >= 4 is 21.8 Å². The summed E-state index contributed by atoms with van der Waals surface area (Å²) in [6.45, 7) is -0.121. The lowest BCUT2D eigenvalue weighted by molar-refractivity contribution is -0.910. The van der Waals surface area contributed by atoms with Crippen molar-refractivity contribution in [1.29, 1.82) is 0 Å². The van der Waals surface area contributed by atoms with E-state index in [1.165, 1.54) is 4.90 Å². The molecule has 3 aliphatic rings. The predicted octanol–water partition coefficient (Wildman–Crippen LogP) is 1.52. The molecule has 2 amide bonds. The van der Waals surface area contributed by atoms with Crippen LogP contribution >= 0.6 is 0 Å². The molecule has 0 bridgehead atoms. The van der Waals surface area contributed by atoms with Crippen molar-refractivity contribution in [3.8, 4) is 0 Å². The maximum atomic E-state index is 13.1. The molecule has 2 aliphatic heterocycles. The Balaban J connectivity index is 1.48. The second kappa shape index (κ2) is 8.89. The summed E-state index contributed by atoms with van der Waals surface area (Å²) >= 11 is 0. The van der Waals surface area contributed by atoms with Crippen LogP contribution in [0.1, 0.15) is 24.0 Å². The lowest BCUT2D eigenvalue weighted by atomic mass is 9.85. The van der Waals surface area contributed by atoms with Gasteiger partial charge in [0.05, 0.1) is 54.0 Å². The average molecular weight is 526 g/mol. The second-order valence-electron chi connectivity index (χ2n) is 8.81. The Labute approximate surface area is 197 Å². The van der Waals surface area contributed by atoms with Gasteiger partial charge in [0, 0.05) is 0 Å². The van der Waals surface area contributed by atoms with E-state index >= 15 is 0 Å². The van der Waals surface area contributed by atoms with Crippen LogP contribution in [-0.4, -0.2) is 62.3 Å². The molecule has 2 heterocycles. The number of halogens is 6. The Morgan fingerprint density at radius 3 is 1.71 bits per heavy atom. The highest BCUT2D eigenvalue weighted by molar-refractivity contribution is 7.89. The SMILES string of the molecule is O=C1[C@H]2CC=CC[C@@H]2C(=O)N1C[NH+]1CCN(S(=O)(=O)c2cc(C(F)(F)F)cc(C(F)(F)F)c2)CC1. The van der Waals surface area contributed by atoms with Gasteiger partial charge in [0.25, 0.3) is 0 Å². The first-order chi connectivity index (χ1) is 16.2. The summed E-state index contributed by atoms with van der Waals surface area (Å²) < 4.78 is 106. The lowest BCUT2D eigenvalue weighted by Gasteiger charge is -2.33. The Kier molecular flexibility index (Phi) is 6.51. The minimum Gasteiger partial charge on any atom is -0.315 e. The van der Waals surface area contributed by atoms with Crippen molar-refractivity contribution in [3.05, 3.63) is 41.5 Å². The van der Waals surface area contributed by atoms with Gasteiger partial charge in [-0.3, -0.25) is 9.59 Å². The van der Waals surface area contributed by atoms with E-state index in [-0.39, 0.29) is 62.9 Å². The van der Waals surface area contributed by atoms with Crippen molar-refractivity contribution in [1.82, 2.24) is 9.21 Å². The number of nitrogens with one attached hydrogen (secondary N) is 1. The highest BCUT2D eigenvalue weighted by Crippen LogP contribution is 2.38. The zero-order valence-corrected chi connectivity index (χ0v) is 19.0. The van der Waals surface area contributed by atoms with Crippen LogP contribution < -0.4 is 4.90 Å². The number of nitrogens with zero attached hydrogens (tertiary/aromatic N) is 2. The molecule has 0 saturated carbocycles. The van der Waals surface area contributed by atoms with E-state index in [2.05, 4.69) is 0 Å². The summed E-state index contributed by atoms with van der Waals surface area (Å²) in [5.74, 6) is -1.37. The molecule has 2 saturated heterocycles. The molecule has 1 aliphatic carbocycles. The molecule has 2 atom stereocenters. The molecule has 1 N–H and O–H groups in total. The molecule has 2 fully saturated rings. The number of allylic oxidation sites excluding steroid dienone is 2. The van der Waals surface area contributed by atoms with Crippen LogP contribution in [0.2, 0.25) is 0 Å². The number of imide groups is 1. The van der Waals surface area contributed by atoms with Crippen molar-refractivity contribution in [3.63, 3.8) is 0 Å². The minimum absolute atomic E-state index is 0.0281. The van der Waals surface area contributed by atoms with Gasteiger partial charge < -0.3 is 4.90 Å². The van der Waals surface area contributed by atoms with Gasteiger partial charge in [0.1, 0.15) is 0 Å². The van der Waals surface area contributed by atoms with E-state index in [0.29, 0.717) is 17.7 Å². The first kappa shape index (κ1) is 25.6. The van der Waals surface area contributed by atoms with E-state index < -0.39 is 50.2 Å². The van der Waals surface area contributed by atoms with Crippen LogP contribution in [0.15, 0.2) is 35.2 Å². The normalized spacial score (nSPS) is 24.8. The number of hydrogen-bond donors (Lipinski definition) is 1. The zero-order valence-electron chi connectivity index (χ0n) is 18.2. The van der Waals surface area contributed by atoms with Gasteiger partial charge in [-0.05, 0) is 31.0 Å². The molecule has 4 rings (SSSR count). The Hall–Kier alpha value is -2.45. The van der Waals surface area contributed by atoms with E-state index in [0.717, 1.165) is 4.31 Å². The Morgan fingerprint density at radius 1 is 0.829 bits per heavy atom. The standard InChI is InChI=1S/C21H21F6N3O4S/c22-20(23,24)13-9-14(21(25,26)27)11-15(10-13)35(33,34)29-7-5-28(6-8-29)12-30-18(31)16-3-1-2-4-17(16)19(30)32/h1-2,9-11,16-17H,3-8,12H2/p+1/t16-,17-/m0/s1. The molecule has 7 nitrogen and oxygen atoms in total. The van der Waals surface area contributed by atoms with Crippen LogP contribution in [0, 0.1) is 11.8 Å². The number of alkyl halides is 6. The number of benzene rings is 1. The maximum Gasteiger partial charge on any atom is 0.416 e. The van der Waals surface area contributed by atoms with Crippen LogP contribution in [-0.2, 0) is 32.0 Å². The number of quaternary nitrogens is 1. The smallest absolute Gasteiger partial charge is 0.315 e. The number of fused-ring (bicyclic) bond motifs is 1. The average Bonchev–Trinajstić information content (AvgIpc) is 3.03. The molecule has 0 aromatic heterocycles. The lowest BCUT2D eigenvalue weighted by Crippen LogP contribution is -3.16. The molecule has 14 heteroatoms. The first-order valence-electron chi connectivity index (χ1n) is 10.8. The fourth-order valence-corrected chi connectivity index (χ4v) is 6.19. The monoisotopic (exact) mass is 526 g/mol. The number of carbonyl (C=O) groups is 2. The second-order valence-corrected chi connectivity index (χ2v) is 10.8. The number of piperazine rings is 1. The van der Waals surface area contributed by atoms with Gasteiger partial charge >= 0.3 is 12.4 Å². The summed E-state index contributed by atoms with van der Waals surface area (Å²) in [7, 11) is -4.65. The number of hydrogen-bond acceptors (Lipinski definition) is 4. The minimum atomic E-state index is -5.17. The van der Waals surface area contributed by atoms with Crippen molar-refractivity contribution in [2.24, 2.45) is 11.8 Å². The van der Waals surface area contributed by atoms with Crippen LogP contribution in [0.3, 0.4) is 0 Å². The predicted molar refractivity (Wildman–Crippen MR) is 108 cm³/mol. The summed E-state index contributed by atoms with van der Waals surface area (Å²) in [6.07, 6.45) is -5.69. The molecular formula is C21H22F6N3O4S+. The van der Waals surface area contributed by atoms with Gasteiger partial charge in [-0.15, -0.1) is 0 Å². The van der Waals surface area contributed by atoms with Crippen molar-refractivity contribution in [2.75, 3.05) is 32.8 Å². The Morgan fingerprint density at radius 2 is 1.29 bits per heavy atom. The zero-order chi connectivity index (χ0) is 25.8. The molecule has 1 aromatic rings. The largest absolute Gasteiger partial charge is 0.416 e. The molecule has 0 spiro atoms. The van der Waals surface area contributed by atoms with Crippen LogP contribution in [0.5, 0.6) is 0 Å². The van der Waals surface area contributed by atoms with Crippen LogP contribution in [0.4, 0.5) is 26.3 Å². The van der Waals surface area contributed by atoms with Crippen molar-refractivity contribution in [2.45, 2.75) is 30.1 Å². The van der Waals surface area contributed by atoms with Gasteiger partial charge in [-0.1, -0.05) is 12.2 Å². The Bertz CT molecular complexity index is 1100. The van der Waals surface area contributed by atoms with Gasteiger partial charge in [-0.25, -0.2) is 13.3 Å². The van der Waals surface area contributed by atoms with E-state index in [9.17, 15) is 44.3 Å². The number of rotatable bonds is 4. The van der Waals surface area contributed by atoms with E-state index in [1.807, 2.05) is 12.2 Å². The summed E-state index contributed by atoms with van der Waals surface area (Å²) in [5.41, 5.74) is -3.42. The number of likely N-dealkylation sites (tertiary alicyclic amines) is 1. The molecular weight excluding hydrogens is 504 g/mol. The maximum absolute atomic E-state index is 13.1. The summed E-state index contributed by atoms with van der Waals surface area (Å²) in [5, 5.41) is 0. The summed E-state index contributed by atoms with van der Waals surface area (Å²) in [6, 6.07) is 0.264. The fourth-order valence-electron chi connectivity index (χ4n) is 4.67. The highest BCUT2D eigenvalue weighted by atomic mass is 32.2. The highest BCUT2D eigenvalue weighted by Gasteiger charge is 2.49. The third kappa shape index (κ3) is 4.96. The van der Waals surface area contributed by atoms with Gasteiger partial charge in [0.2, 0.25) is 21.8 Å². The topological polar surface area (TPSA) is 79.2 Å². The quantitative estimate of drug-likeness (QED) is 0.367. The third-order valence-electron chi connectivity index (χ3n) is 6.61. The van der Waals surface area contributed by atoms with E-state index in [4.69, 9.17) is 0 Å². The number of carbonyl (C=O) groups excluding carboxylic acids is 2. The molecule has 0 radical (unpaired) electrons. The number of sulfonamides is 1. The molecule has 1 aromatic carbocycles. The van der Waals surface area contributed by atoms with Gasteiger partial charge in [-0.2, -0.15) is 30.6 Å². The third-order valence-corrected chi connectivity index (χ3v) is 8.49. The molecule has 192 valence electrons. The number of amides is 2. The molecule has 35 heavy (non-hydrogen) atoms. The van der Waals surface area contributed by atoms with Crippen molar-refractivity contribution < 1.29 is 49.2 Å². The van der Waals surface area contributed by atoms with E-state index in [1.54, 1.807) is 0 Å². The molecule has 0 unspecified atom stereocenters. The van der Waals surface area contributed by atoms with Gasteiger partial charge in [0.15, 0.2) is 6.67 Å². The van der Waals surface area contributed by atoms with Crippen LogP contribution in [0.25, 0.3) is 0 Å². The fraction of sp³-hybridized carbons (Fsp3) is 0.524. The first-order valence-corrected chi connectivity index (χ1v) is 12.3.